The van der Waals surface area contributed by atoms with Crippen molar-refractivity contribution >= 4 is 11.5 Å². The summed E-state index contributed by atoms with van der Waals surface area (Å²) in [6.45, 7) is 3.74. The summed E-state index contributed by atoms with van der Waals surface area (Å²) in [5.41, 5.74) is 7.30. The fourth-order valence-corrected chi connectivity index (χ4v) is 2.27. The molecule has 4 heteroatoms. The van der Waals surface area contributed by atoms with Gasteiger partial charge in [-0.1, -0.05) is 0 Å². The highest BCUT2D eigenvalue weighted by atomic mass is 16.3. The second-order valence-corrected chi connectivity index (χ2v) is 4.70. The average molecular weight is 233 g/mol. The largest absolute Gasteiger partial charge is 0.393 e. The van der Waals surface area contributed by atoms with E-state index in [9.17, 15) is 5.11 Å². The number of aliphatic hydroxyl groups is 1. The van der Waals surface area contributed by atoms with Crippen LogP contribution in [0.5, 0.6) is 0 Å². The summed E-state index contributed by atoms with van der Waals surface area (Å²) in [4.78, 5) is 2.27. The SMILES string of the molecule is CC(O)C1CCN(c2ccc(C(=N)N)cc2)C1. The molecule has 1 aromatic rings. The molecule has 4 N–H and O–H groups in total. The molecule has 0 saturated carbocycles. The molecule has 17 heavy (non-hydrogen) atoms. The van der Waals surface area contributed by atoms with Crippen LogP contribution in [0.15, 0.2) is 24.3 Å². The van der Waals surface area contributed by atoms with E-state index in [0.29, 0.717) is 5.92 Å². The topological polar surface area (TPSA) is 73.3 Å². The molecule has 0 aromatic heterocycles. The van der Waals surface area contributed by atoms with Crippen molar-refractivity contribution in [2.24, 2.45) is 11.7 Å². The van der Waals surface area contributed by atoms with Gasteiger partial charge in [-0.05, 0) is 37.6 Å². The normalized spacial score (nSPS) is 21.5. The summed E-state index contributed by atoms with van der Waals surface area (Å²) < 4.78 is 0. The number of nitrogens with one attached hydrogen (secondary N) is 1. The summed E-state index contributed by atoms with van der Waals surface area (Å²) in [6.07, 6.45) is 0.794. The van der Waals surface area contributed by atoms with Gasteiger partial charge in [0, 0.05) is 30.3 Å². The van der Waals surface area contributed by atoms with Gasteiger partial charge in [-0.3, -0.25) is 5.41 Å². The summed E-state index contributed by atoms with van der Waals surface area (Å²) in [5, 5.41) is 16.9. The molecule has 0 spiro atoms. The zero-order valence-corrected chi connectivity index (χ0v) is 10.1. The molecule has 1 heterocycles. The summed E-state index contributed by atoms with van der Waals surface area (Å²) >= 11 is 0. The number of hydrogen-bond acceptors (Lipinski definition) is 3. The van der Waals surface area contributed by atoms with Crippen LogP contribution in [0, 0.1) is 11.3 Å². The van der Waals surface area contributed by atoms with Crippen LogP contribution in [0.2, 0.25) is 0 Å². The Hall–Kier alpha value is -1.55. The maximum absolute atomic E-state index is 9.56. The molecule has 1 aliphatic heterocycles. The van der Waals surface area contributed by atoms with Crippen LogP contribution in [-0.2, 0) is 0 Å². The zero-order chi connectivity index (χ0) is 12.4. The molecule has 2 rings (SSSR count). The van der Waals surface area contributed by atoms with Gasteiger partial charge >= 0.3 is 0 Å². The molecule has 2 atom stereocenters. The third kappa shape index (κ3) is 2.58. The van der Waals surface area contributed by atoms with Crippen molar-refractivity contribution < 1.29 is 5.11 Å². The highest BCUT2D eigenvalue weighted by Gasteiger charge is 2.25. The minimum absolute atomic E-state index is 0.0971. The highest BCUT2D eigenvalue weighted by Crippen LogP contribution is 2.25. The molecule has 0 radical (unpaired) electrons. The predicted octanol–water partition coefficient (Wildman–Crippen LogP) is 1.18. The van der Waals surface area contributed by atoms with Crippen LogP contribution in [0.3, 0.4) is 0 Å². The molecule has 0 bridgehead atoms. The number of aliphatic hydroxyl groups excluding tert-OH is 1. The van der Waals surface area contributed by atoms with Crippen LogP contribution >= 0.6 is 0 Å². The Morgan fingerprint density at radius 2 is 2.12 bits per heavy atom. The van der Waals surface area contributed by atoms with E-state index in [4.69, 9.17) is 11.1 Å². The Morgan fingerprint density at radius 3 is 2.59 bits per heavy atom. The highest BCUT2D eigenvalue weighted by molar-refractivity contribution is 5.95. The lowest BCUT2D eigenvalue weighted by atomic mass is 10.0. The molecule has 0 aliphatic carbocycles. The van der Waals surface area contributed by atoms with E-state index in [1.54, 1.807) is 0 Å². The number of hydrogen-bond donors (Lipinski definition) is 3. The van der Waals surface area contributed by atoms with Gasteiger partial charge in [0.05, 0.1) is 6.10 Å². The minimum Gasteiger partial charge on any atom is -0.393 e. The fraction of sp³-hybridized carbons (Fsp3) is 0.462. The van der Waals surface area contributed by atoms with Gasteiger partial charge in [0.25, 0.3) is 0 Å². The summed E-state index contributed by atoms with van der Waals surface area (Å²) in [6, 6.07) is 7.71. The average Bonchev–Trinajstić information content (AvgIpc) is 2.78. The van der Waals surface area contributed by atoms with Gasteiger partial charge in [-0.25, -0.2) is 0 Å². The van der Waals surface area contributed by atoms with Crippen LogP contribution in [-0.4, -0.2) is 30.1 Å². The van der Waals surface area contributed by atoms with E-state index in [-0.39, 0.29) is 11.9 Å². The second-order valence-electron chi connectivity index (χ2n) is 4.70. The third-order valence-corrected chi connectivity index (χ3v) is 3.45. The van der Waals surface area contributed by atoms with Crippen molar-refractivity contribution in [1.82, 2.24) is 0 Å². The van der Waals surface area contributed by atoms with Crippen LogP contribution in [0.4, 0.5) is 5.69 Å². The van der Waals surface area contributed by atoms with Gasteiger partial charge in [-0.15, -0.1) is 0 Å². The smallest absolute Gasteiger partial charge is 0.122 e. The zero-order valence-electron chi connectivity index (χ0n) is 10.1. The van der Waals surface area contributed by atoms with E-state index in [0.717, 1.165) is 30.8 Å². The third-order valence-electron chi connectivity index (χ3n) is 3.45. The number of amidine groups is 1. The first-order chi connectivity index (χ1) is 8.08. The van der Waals surface area contributed by atoms with E-state index >= 15 is 0 Å². The van der Waals surface area contributed by atoms with Crippen LogP contribution < -0.4 is 10.6 Å². The Morgan fingerprint density at radius 1 is 1.47 bits per heavy atom. The maximum atomic E-state index is 9.56. The molecule has 1 aliphatic rings. The van der Waals surface area contributed by atoms with E-state index in [2.05, 4.69) is 4.90 Å². The van der Waals surface area contributed by atoms with Crippen LogP contribution in [0.1, 0.15) is 18.9 Å². The fourth-order valence-electron chi connectivity index (χ4n) is 2.27. The molecule has 1 fully saturated rings. The first-order valence-electron chi connectivity index (χ1n) is 5.95. The van der Waals surface area contributed by atoms with Crippen molar-refractivity contribution in [2.45, 2.75) is 19.4 Å². The quantitative estimate of drug-likeness (QED) is 0.542. The number of anilines is 1. The van der Waals surface area contributed by atoms with Gasteiger partial charge in [0.15, 0.2) is 0 Å². The van der Waals surface area contributed by atoms with Gasteiger partial charge in [0.1, 0.15) is 5.84 Å². The number of benzene rings is 1. The van der Waals surface area contributed by atoms with Crippen LogP contribution in [0.25, 0.3) is 0 Å². The Balaban J connectivity index is 2.06. The molecule has 2 unspecified atom stereocenters. The molecule has 92 valence electrons. The molecule has 4 nitrogen and oxygen atoms in total. The van der Waals surface area contributed by atoms with Crippen molar-refractivity contribution in [3.8, 4) is 0 Å². The Bertz CT molecular complexity index is 400. The van der Waals surface area contributed by atoms with Crippen molar-refractivity contribution in [2.75, 3.05) is 18.0 Å². The maximum Gasteiger partial charge on any atom is 0.122 e. The number of rotatable bonds is 3. The molecule has 1 aromatic carbocycles. The first kappa shape index (κ1) is 11.9. The molecular formula is C13H19N3O. The lowest BCUT2D eigenvalue weighted by Gasteiger charge is -2.19. The van der Waals surface area contributed by atoms with Crippen molar-refractivity contribution in [1.29, 1.82) is 5.41 Å². The predicted molar refractivity (Wildman–Crippen MR) is 69.5 cm³/mol. The monoisotopic (exact) mass is 233 g/mol. The number of nitrogen functional groups attached to an aromatic ring is 1. The second kappa shape index (κ2) is 4.75. The van der Waals surface area contributed by atoms with Crippen molar-refractivity contribution in [3.05, 3.63) is 29.8 Å². The van der Waals surface area contributed by atoms with E-state index in [1.165, 1.54) is 0 Å². The minimum atomic E-state index is -0.239. The van der Waals surface area contributed by atoms with E-state index < -0.39 is 0 Å². The molecule has 1 saturated heterocycles. The van der Waals surface area contributed by atoms with Gasteiger partial charge < -0.3 is 15.7 Å². The standard InChI is InChI=1S/C13H19N3O/c1-9(17)11-6-7-16(8-11)12-4-2-10(3-5-12)13(14)15/h2-5,9,11,17H,6-8H2,1H3,(H3,14,15). The Kier molecular flexibility index (Phi) is 3.33. The molecule has 0 amide bonds. The van der Waals surface area contributed by atoms with Gasteiger partial charge in [-0.2, -0.15) is 0 Å². The number of nitrogens with two attached hydrogens (primary N) is 1. The lowest BCUT2D eigenvalue weighted by molar-refractivity contribution is 0.136. The number of nitrogens with zero attached hydrogens (tertiary/aromatic N) is 1. The van der Waals surface area contributed by atoms with Gasteiger partial charge in [0.2, 0.25) is 0 Å². The Labute approximate surface area is 102 Å². The summed E-state index contributed by atoms with van der Waals surface area (Å²) in [5.74, 6) is 0.460. The first-order valence-corrected chi connectivity index (χ1v) is 5.95. The van der Waals surface area contributed by atoms with Crippen molar-refractivity contribution in [3.63, 3.8) is 0 Å². The summed E-state index contributed by atoms with van der Waals surface area (Å²) in [7, 11) is 0. The lowest BCUT2D eigenvalue weighted by Crippen LogP contribution is -2.23. The van der Waals surface area contributed by atoms with E-state index in [1.807, 2.05) is 31.2 Å². The molecular weight excluding hydrogens is 214 g/mol.